The van der Waals surface area contributed by atoms with Gasteiger partial charge < -0.3 is 9.64 Å². The van der Waals surface area contributed by atoms with E-state index in [9.17, 15) is 18.4 Å². The molecule has 9 heteroatoms. The molecule has 1 saturated heterocycles. The molecule has 4 heterocycles. The first-order valence-corrected chi connectivity index (χ1v) is 8.67. The first kappa shape index (κ1) is 18.0. The van der Waals surface area contributed by atoms with Gasteiger partial charge in [-0.1, -0.05) is 0 Å². The topological polar surface area (TPSA) is 77.3 Å². The molecule has 0 radical (unpaired) electrons. The largest absolute Gasteiger partial charge is 0.427 e. The Morgan fingerprint density at radius 3 is 2.71 bits per heavy atom. The van der Waals surface area contributed by atoms with Gasteiger partial charge in [-0.3, -0.25) is 19.1 Å². The maximum atomic E-state index is 13.3. The molecule has 0 unspecified atom stereocenters. The first-order chi connectivity index (χ1) is 13.5. The predicted molar refractivity (Wildman–Crippen MR) is 95.6 cm³/mol. The van der Waals surface area contributed by atoms with Crippen molar-refractivity contribution in [1.82, 2.24) is 19.4 Å². The highest BCUT2D eigenvalue weighted by molar-refractivity contribution is 5.97. The SMILES string of the molecule is O=COc1cncc(-n2ccc3cc(C(=O)N4CCC(F)(F)CC4)cnc32)c1. The number of rotatable bonds is 4. The van der Waals surface area contributed by atoms with Gasteiger partial charge in [-0.15, -0.1) is 0 Å². The average Bonchev–Trinajstić information content (AvgIpc) is 3.11. The van der Waals surface area contributed by atoms with Crippen LogP contribution in [0.3, 0.4) is 0 Å². The lowest BCUT2D eigenvalue weighted by molar-refractivity contribution is -0.120. The van der Waals surface area contributed by atoms with Crippen molar-refractivity contribution in [3.8, 4) is 11.4 Å². The average molecular weight is 386 g/mol. The van der Waals surface area contributed by atoms with Gasteiger partial charge in [0.05, 0.1) is 23.6 Å². The van der Waals surface area contributed by atoms with E-state index in [2.05, 4.69) is 9.97 Å². The van der Waals surface area contributed by atoms with Crippen LogP contribution in [0.25, 0.3) is 16.7 Å². The molecule has 3 aromatic heterocycles. The van der Waals surface area contributed by atoms with Crippen molar-refractivity contribution in [2.75, 3.05) is 13.1 Å². The van der Waals surface area contributed by atoms with Crippen molar-refractivity contribution in [1.29, 1.82) is 0 Å². The zero-order valence-corrected chi connectivity index (χ0v) is 14.7. The van der Waals surface area contributed by atoms with Crippen molar-refractivity contribution in [3.05, 3.63) is 48.5 Å². The number of hydrogen-bond acceptors (Lipinski definition) is 5. The molecule has 0 saturated carbocycles. The van der Waals surface area contributed by atoms with Gasteiger partial charge in [-0.2, -0.15) is 0 Å². The number of piperidine rings is 1. The summed E-state index contributed by atoms with van der Waals surface area (Å²) in [5, 5.41) is 0.717. The Hall–Kier alpha value is -3.36. The number of carbonyl (C=O) groups is 2. The number of nitrogens with zero attached hydrogens (tertiary/aromatic N) is 4. The van der Waals surface area contributed by atoms with Crippen molar-refractivity contribution >= 4 is 23.4 Å². The number of alkyl halides is 2. The van der Waals surface area contributed by atoms with Crippen molar-refractivity contribution in [2.24, 2.45) is 0 Å². The Bertz CT molecular complexity index is 1040. The van der Waals surface area contributed by atoms with Crippen molar-refractivity contribution < 1.29 is 23.1 Å². The van der Waals surface area contributed by atoms with Gasteiger partial charge in [-0.25, -0.2) is 13.8 Å². The molecule has 144 valence electrons. The Morgan fingerprint density at radius 1 is 1.18 bits per heavy atom. The number of ether oxygens (including phenoxy) is 1. The normalized spacial score (nSPS) is 16.1. The molecule has 1 aliphatic heterocycles. The Balaban J connectivity index is 1.60. The fourth-order valence-electron chi connectivity index (χ4n) is 3.23. The highest BCUT2D eigenvalue weighted by Gasteiger charge is 2.35. The standard InChI is InChI=1S/C19H16F2N4O3/c20-19(21)2-5-24(6-3-19)18(27)14-7-13-1-4-25(17(13)23-9-14)15-8-16(28-12-26)11-22-10-15/h1,4,7-12H,2-3,5-6H2. The molecule has 0 spiro atoms. The number of likely N-dealkylation sites (tertiary alicyclic amines) is 1. The lowest BCUT2D eigenvalue weighted by atomic mass is 10.1. The van der Waals surface area contributed by atoms with E-state index in [1.165, 1.54) is 17.3 Å². The van der Waals surface area contributed by atoms with Crippen LogP contribution in [-0.4, -0.2) is 50.8 Å². The number of carbonyl (C=O) groups excluding carboxylic acids is 2. The van der Waals surface area contributed by atoms with Crippen LogP contribution in [-0.2, 0) is 4.79 Å². The molecule has 1 aliphatic rings. The summed E-state index contributed by atoms with van der Waals surface area (Å²) in [5.41, 5.74) is 1.58. The molecule has 7 nitrogen and oxygen atoms in total. The van der Waals surface area contributed by atoms with E-state index >= 15 is 0 Å². The summed E-state index contributed by atoms with van der Waals surface area (Å²) in [4.78, 5) is 33.0. The molecule has 28 heavy (non-hydrogen) atoms. The lowest BCUT2D eigenvalue weighted by Crippen LogP contribution is -2.42. The number of amides is 1. The second-order valence-corrected chi connectivity index (χ2v) is 6.56. The molecule has 3 aromatic rings. The predicted octanol–water partition coefficient (Wildman–Crippen LogP) is 2.83. The van der Waals surface area contributed by atoms with Gasteiger partial charge in [0.2, 0.25) is 0 Å². The number of halogens is 2. The monoisotopic (exact) mass is 386 g/mol. The molecule has 0 aromatic carbocycles. The summed E-state index contributed by atoms with van der Waals surface area (Å²) in [6, 6.07) is 5.11. The van der Waals surface area contributed by atoms with Crippen LogP contribution >= 0.6 is 0 Å². The molecule has 0 aliphatic carbocycles. The van der Waals surface area contributed by atoms with E-state index in [0.717, 1.165) is 5.39 Å². The molecule has 0 N–H and O–H groups in total. The summed E-state index contributed by atoms with van der Waals surface area (Å²) in [5.74, 6) is -2.71. The Morgan fingerprint density at radius 2 is 1.96 bits per heavy atom. The molecule has 0 bridgehead atoms. The summed E-state index contributed by atoms with van der Waals surface area (Å²) in [7, 11) is 0. The van der Waals surface area contributed by atoms with Gasteiger partial charge in [0.15, 0.2) is 5.75 Å². The maximum absolute atomic E-state index is 13.3. The summed E-state index contributed by atoms with van der Waals surface area (Å²) < 4.78 is 33.2. The number of aromatic nitrogens is 3. The van der Waals surface area contributed by atoms with E-state index in [0.29, 0.717) is 29.1 Å². The van der Waals surface area contributed by atoms with Crippen molar-refractivity contribution in [2.45, 2.75) is 18.8 Å². The minimum atomic E-state index is -2.70. The third kappa shape index (κ3) is 3.42. The van der Waals surface area contributed by atoms with Crippen LogP contribution < -0.4 is 4.74 Å². The Kier molecular flexibility index (Phi) is 4.50. The van der Waals surface area contributed by atoms with E-state index in [1.54, 1.807) is 35.2 Å². The highest BCUT2D eigenvalue weighted by Crippen LogP contribution is 2.29. The number of fused-ring (bicyclic) bond motifs is 1. The fourth-order valence-corrected chi connectivity index (χ4v) is 3.23. The molecular formula is C19H16F2N4O3. The zero-order valence-electron chi connectivity index (χ0n) is 14.7. The van der Waals surface area contributed by atoms with Crippen LogP contribution in [0.5, 0.6) is 5.75 Å². The van der Waals surface area contributed by atoms with Crippen LogP contribution in [0, 0.1) is 0 Å². The number of hydrogen-bond donors (Lipinski definition) is 0. The third-order valence-corrected chi connectivity index (χ3v) is 4.72. The summed E-state index contributed by atoms with van der Waals surface area (Å²) in [6.07, 6.45) is 5.55. The van der Waals surface area contributed by atoms with Gasteiger partial charge in [-0.05, 0) is 12.1 Å². The second-order valence-electron chi connectivity index (χ2n) is 6.56. The molecule has 1 fully saturated rings. The molecular weight excluding hydrogens is 370 g/mol. The Labute approximate surface area is 158 Å². The van der Waals surface area contributed by atoms with Gasteiger partial charge >= 0.3 is 0 Å². The minimum absolute atomic E-state index is 0.0279. The maximum Gasteiger partial charge on any atom is 0.298 e. The van der Waals surface area contributed by atoms with E-state index in [-0.39, 0.29) is 31.8 Å². The zero-order chi connectivity index (χ0) is 19.7. The molecule has 4 rings (SSSR count). The lowest BCUT2D eigenvalue weighted by Gasteiger charge is -2.31. The van der Waals surface area contributed by atoms with E-state index < -0.39 is 5.92 Å². The smallest absolute Gasteiger partial charge is 0.298 e. The molecule has 1 amide bonds. The second kappa shape index (κ2) is 6.99. The number of pyridine rings is 2. The van der Waals surface area contributed by atoms with Gasteiger partial charge in [0.25, 0.3) is 18.3 Å². The fraction of sp³-hybridized carbons (Fsp3) is 0.263. The first-order valence-electron chi connectivity index (χ1n) is 8.67. The molecule has 0 atom stereocenters. The van der Waals surface area contributed by atoms with E-state index in [1.807, 2.05) is 0 Å². The van der Waals surface area contributed by atoms with Gasteiger partial charge in [0, 0.05) is 49.8 Å². The third-order valence-electron chi connectivity index (χ3n) is 4.72. The summed E-state index contributed by atoms with van der Waals surface area (Å²) in [6.45, 7) is 0.376. The van der Waals surface area contributed by atoms with Gasteiger partial charge in [0.1, 0.15) is 5.65 Å². The van der Waals surface area contributed by atoms with Crippen molar-refractivity contribution in [3.63, 3.8) is 0 Å². The highest BCUT2D eigenvalue weighted by atomic mass is 19.3. The minimum Gasteiger partial charge on any atom is -0.427 e. The van der Waals surface area contributed by atoms with Crippen LogP contribution in [0.4, 0.5) is 8.78 Å². The van der Waals surface area contributed by atoms with E-state index in [4.69, 9.17) is 4.74 Å². The van der Waals surface area contributed by atoms with Crippen LogP contribution in [0.1, 0.15) is 23.2 Å². The van der Waals surface area contributed by atoms with Crippen LogP contribution in [0.2, 0.25) is 0 Å². The quantitative estimate of drug-likeness (QED) is 0.645. The van der Waals surface area contributed by atoms with Crippen LogP contribution in [0.15, 0.2) is 43.0 Å². The summed E-state index contributed by atoms with van der Waals surface area (Å²) >= 11 is 0.